The Kier molecular flexibility index (Phi) is 6.45. The maximum absolute atomic E-state index is 12.8. The lowest BCUT2D eigenvalue weighted by Crippen LogP contribution is -2.41. The summed E-state index contributed by atoms with van der Waals surface area (Å²) in [5, 5.41) is 7.91. The summed E-state index contributed by atoms with van der Waals surface area (Å²) in [6.45, 7) is 8.19. The first kappa shape index (κ1) is 18.9. The molecule has 6 heteroatoms. The Morgan fingerprint density at radius 1 is 1.11 bits per heavy atom. The van der Waals surface area contributed by atoms with Gasteiger partial charge in [-0.05, 0) is 83.1 Å². The number of likely N-dealkylation sites (tertiary alicyclic amines) is 2. The second-order valence-electron chi connectivity index (χ2n) is 8.62. The second kappa shape index (κ2) is 9.20. The third kappa shape index (κ3) is 4.91. The number of hydrogen-bond donors (Lipinski definition) is 1. The van der Waals surface area contributed by atoms with Crippen molar-refractivity contribution in [3.05, 3.63) is 18.0 Å². The first-order chi connectivity index (χ1) is 13.3. The maximum Gasteiger partial charge on any atom is 0.244 e. The molecule has 1 atom stereocenters. The van der Waals surface area contributed by atoms with Crippen molar-refractivity contribution in [2.45, 2.75) is 57.4 Å². The summed E-state index contributed by atoms with van der Waals surface area (Å²) in [5.74, 6) is 1.52. The molecule has 3 saturated heterocycles. The third-order valence-corrected chi connectivity index (χ3v) is 6.77. The van der Waals surface area contributed by atoms with Gasteiger partial charge in [-0.25, -0.2) is 0 Å². The average Bonchev–Trinajstić information content (AvgIpc) is 3.39. The molecule has 4 heterocycles. The van der Waals surface area contributed by atoms with Crippen molar-refractivity contribution in [2.75, 3.05) is 45.8 Å². The van der Waals surface area contributed by atoms with Gasteiger partial charge in [0.05, 0.1) is 0 Å². The predicted molar refractivity (Wildman–Crippen MR) is 107 cm³/mol. The summed E-state index contributed by atoms with van der Waals surface area (Å²) in [5.41, 5.74) is 1.22. The Morgan fingerprint density at radius 3 is 2.67 bits per heavy atom. The van der Waals surface area contributed by atoms with Gasteiger partial charge in [0.1, 0.15) is 6.54 Å². The van der Waals surface area contributed by atoms with Crippen molar-refractivity contribution in [1.82, 2.24) is 24.9 Å². The molecule has 27 heavy (non-hydrogen) atoms. The molecule has 1 amide bonds. The number of aromatic nitrogens is 2. The van der Waals surface area contributed by atoms with Gasteiger partial charge in [-0.1, -0.05) is 0 Å². The lowest BCUT2D eigenvalue weighted by Gasteiger charge is -2.33. The number of nitrogens with zero attached hydrogens (tertiary/aromatic N) is 4. The fourth-order valence-corrected chi connectivity index (χ4v) is 5.00. The molecular formula is C21H35N5O. The Labute approximate surface area is 163 Å². The second-order valence-corrected chi connectivity index (χ2v) is 8.62. The summed E-state index contributed by atoms with van der Waals surface area (Å²) in [7, 11) is 0. The van der Waals surface area contributed by atoms with Gasteiger partial charge in [0.15, 0.2) is 0 Å². The number of amides is 1. The summed E-state index contributed by atoms with van der Waals surface area (Å²) < 4.78 is 1.94. The molecule has 1 unspecified atom stereocenters. The van der Waals surface area contributed by atoms with E-state index >= 15 is 0 Å². The number of rotatable bonds is 6. The van der Waals surface area contributed by atoms with Crippen LogP contribution < -0.4 is 5.32 Å². The SMILES string of the molecule is O=C(Cn1nccc1C1CCCNC1)N1CCC(CCN2CCCC2)CC1. The van der Waals surface area contributed by atoms with E-state index in [2.05, 4.69) is 26.3 Å². The van der Waals surface area contributed by atoms with E-state index < -0.39 is 0 Å². The van der Waals surface area contributed by atoms with Crippen LogP contribution in [0.1, 0.15) is 56.6 Å². The van der Waals surface area contributed by atoms with E-state index in [1.54, 1.807) is 0 Å². The van der Waals surface area contributed by atoms with Crippen molar-refractivity contribution >= 4 is 5.91 Å². The minimum atomic E-state index is 0.238. The van der Waals surface area contributed by atoms with E-state index in [0.29, 0.717) is 12.5 Å². The van der Waals surface area contributed by atoms with Crippen LogP contribution in [0.4, 0.5) is 0 Å². The molecule has 4 rings (SSSR count). The average molecular weight is 374 g/mol. The first-order valence-electron chi connectivity index (χ1n) is 11.0. The lowest BCUT2D eigenvalue weighted by molar-refractivity contribution is -0.133. The smallest absolute Gasteiger partial charge is 0.244 e. The van der Waals surface area contributed by atoms with Crippen LogP contribution in [0.2, 0.25) is 0 Å². The molecule has 1 N–H and O–H groups in total. The van der Waals surface area contributed by atoms with Crippen LogP contribution in [0, 0.1) is 5.92 Å². The van der Waals surface area contributed by atoms with Crippen LogP contribution in [0.15, 0.2) is 12.3 Å². The van der Waals surface area contributed by atoms with Gasteiger partial charge < -0.3 is 15.1 Å². The zero-order valence-electron chi connectivity index (χ0n) is 16.6. The van der Waals surface area contributed by atoms with Gasteiger partial charge in [-0.3, -0.25) is 9.48 Å². The largest absolute Gasteiger partial charge is 0.341 e. The highest BCUT2D eigenvalue weighted by molar-refractivity contribution is 5.76. The quantitative estimate of drug-likeness (QED) is 0.829. The van der Waals surface area contributed by atoms with Crippen LogP contribution in [-0.2, 0) is 11.3 Å². The van der Waals surface area contributed by atoms with Crippen molar-refractivity contribution in [1.29, 1.82) is 0 Å². The van der Waals surface area contributed by atoms with Crippen molar-refractivity contribution in [3.63, 3.8) is 0 Å². The van der Waals surface area contributed by atoms with E-state index in [-0.39, 0.29) is 5.91 Å². The van der Waals surface area contributed by atoms with E-state index in [0.717, 1.165) is 44.9 Å². The van der Waals surface area contributed by atoms with Crippen LogP contribution in [0.5, 0.6) is 0 Å². The van der Waals surface area contributed by atoms with Crippen LogP contribution >= 0.6 is 0 Å². The number of nitrogens with one attached hydrogen (secondary N) is 1. The molecule has 3 aliphatic rings. The molecule has 0 aromatic carbocycles. The number of carbonyl (C=O) groups is 1. The lowest BCUT2D eigenvalue weighted by atomic mass is 9.93. The Morgan fingerprint density at radius 2 is 1.93 bits per heavy atom. The zero-order valence-corrected chi connectivity index (χ0v) is 16.6. The van der Waals surface area contributed by atoms with Crippen LogP contribution in [-0.4, -0.2) is 71.3 Å². The highest BCUT2D eigenvalue weighted by Crippen LogP contribution is 2.24. The van der Waals surface area contributed by atoms with E-state index in [9.17, 15) is 4.79 Å². The topological polar surface area (TPSA) is 53.4 Å². The van der Waals surface area contributed by atoms with Gasteiger partial charge in [-0.2, -0.15) is 5.10 Å². The van der Waals surface area contributed by atoms with Crippen molar-refractivity contribution in [3.8, 4) is 0 Å². The number of carbonyl (C=O) groups excluding carboxylic acids is 1. The fraction of sp³-hybridized carbons (Fsp3) is 0.810. The number of hydrogen-bond acceptors (Lipinski definition) is 4. The minimum absolute atomic E-state index is 0.238. The summed E-state index contributed by atoms with van der Waals surface area (Å²) in [6, 6.07) is 2.09. The third-order valence-electron chi connectivity index (χ3n) is 6.77. The van der Waals surface area contributed by atoms with E-state index in [1.165, 1.54) is 57.4 Å². The highest BCUT2D eigenvalue weighted by atomic mass is 16.2. The molecular weight excluding hydrogens is 338 g/mol. The van der Waals surface area contributed by atoms with Gasteiger partial charge in [0.2, 0.25) is 5.91 Å². The molecule has 1 aromatic rings. The summed E-state index contributed by atoms with van der Waals surface area (Å²) in [6.07, 6.45) is 10.6. The van der Waals surface area contributed by atoms with Gasteiger partial charge in [0.25, 0.3) is 0 Å². The first-order valence-corrected chi connectivity index (χ1v) is 11.0. The molecule has 3 fully saturated rings. The summed E-state index contributed by atoms with van der Waals surface area (Å²) in [4.78, 5) is 17.5. The zero-order chi connectivity index (χ0) is 18.5. The summed E-state index contributed by atoms with van der Waals surface area (Å²) >= 11 is 0. The monoisotopic (exact) mass is 373 g/mol. The minimum Gasteiger partial charge on any atom is -0.341 e. The van der Waals surface area contributed by atoms with Crippen LogP contribution in [0.25, 0.3) is 0 Å². The normalized spacial score (nSPS) is 25.2. The molecule has 0 saturated carbocycles. The van der Waals surface area contributed by atoms with Gasteiger partial charge in [0, 0.05) is 37.4 Å². The predicted octanol–water partition coefficient (Wildman–Crippen LogP) is 2.07. The van der Waals surface area contributed by atoms with Crippen molar-refractivity contribution < 1.29 is 4.79 Å². The Hall–Kier alpha value is -1.40. The maximum atomic E-state index is 12.8. The molecule has 6 nitrogen and oxygen atoms in total. The van der Waals surface area contributed by atoms with Crippen molar-refractivity contribution in [2.24, 2.45) is 5.92 Å². The standard InChI is InChI=1S/C21H35N5O/c27-21(17-26-20(5-10-23-26)19-4-3-9-22-16-19)25-14-7-18(8-15-25)6-13-24-11-1-2-12-24/h5,10,18-19,22H,1-4,6-9,11-17H2. The van der Waals surface area contributed by atoms with Crippen LogP contribution in [0.3, 0.4) is 0 Å². The van der Waals surface area contributed by atoms with E-state index in [4.69, 9.17) is 0 Å². The molecule has 3 aliphatic heterocycles. The molecule has 0 bridgehead atoms. The number of piperidine rings is 2. The van der Waals surface area contributed by atoms with E-state index in [1.807, 2.05) is 10.9 Å². The molecule has 1 aromatic heterocycles. The molecule has 0 aliphatic carbocycles. The van der Waals surface area contributed by atoms with Gasteiger partial charge in [-0.15, -0.1) is 0 Å². The Balaban J connectivity index is 1.23. The molecule has 0 radical (unpaired) electrons. The Bertz CT molecular complexity index is 595. The molecule has 150 valence electrons. The molecule has 0 spiro atoms. The highest BCUT2D eigenvalue weighted by Gasteiger charge is 2.25. The van der Waals surface area contributed by atoms with Gasteiger partial charge >= 0.3 is 0 Å². The fourth-order valence-electron chi connectivity index (χ4n) is 5.00.